The smallest absolute Gasteiger partial charge is 0.143 e. The molecule has 0 N–H and O–H groups in total. The lowest BCUT2D eigenvalue weighted by atomic mass is 9.84. The van der Waals surface area contributed by atoms with Crippen molar-refractivity contribution < 1.29 is 4.42 Å². The van der Waals surface area contributed by atoms with Gasteiger partial charge >= 0.3 is 0 Å². The summed E-state index contributed by atoms with van der Waals surface area (Å²) in [5, 5.41) is 7.43. The normalized spacial score (nSPS) is 13.9. The highest BCUT2D eigenvalue weighted by molar-refractivity contribution is 6.22. The third kappa shape index (κ3) is 2.72. The molecular formula is C32H22O. The monoisotopic (exact) mass is 422 g/mol. The second-order valence-corrected chi connectivity index (χ2v) is 8.76. The van der Waals surface area contributed by atoms with E-state index in [9.17, 15) is 0 Å². The second kappa shape index (κ2) is 7.21. The molecule has 6 aromatic rings. The van der Waals surface area contributed by atoms with Crippen LogP contribution in [0, 0.1) is 0 Å². The summed E-state index contributed by atoms with van der Waals surface area (Å²) in [4.78, 5) is 0. The molecule has 156 valence electrons. The minimum Gasteiger partial charge on any atom is -0.455 e. The number of benzene rings is 5. The van der Waals surface area contributed by atoms with Gasteiger partial charge in [0.15, 0.2) is 0 Å². The van der Waals surface area contributed by atoms with E-state index in [1.165, 1.54) is 43.6 Å². The molecule has 1 aliphatic carbocycles. The van der Waals surface area contributed by atoms with Crippen molar-refractivity contribution in [1.29, 1.82) is 0 Å². The molecular weight excluding hydrogens is 400 g/mol. The summed E-state index contributed by atoms with van der Waals surface area (Å²) < 4.78 is 6.46. The lowest BCUT2D eigenvalue weighted by Crippen LogP contribution is -1.94. The van der Waals surface area contributed by atoms with Crippen LogP contribution in [0.2, 0.25) is 0 Å². The summed E-state index contributed by atoms with van der Waals surface area (Å²) in [6.45, 7) is 0. The number of hydrogen-bond donors (Lipinski definition) is 0. The van der Waals surface area contributed by atoms with Crippen molar-refractivity contribution in [2.45, 2.75) is 12.8 Å². The molecule has 1 aliphatic rings. The van der Waals surface area contributed by atoms with Gasteiger partial charge in [0.2, 0.25) is 0 Å². The van der Waals surface area contributed by atoms with Crippen LogP contribution in [0.4, 0.5) is 0 Å². The number of fused-ring (bicyclic) bond motifs is 5. The number of hydrogen-bond acceptors (Lipinski definition) is 1. The summed E-state index contributed by atoms with van der Waals surface area (Å²) in [6, 6.07) is 32.5. The Morgan fingerprint density at radius 1 is 0.515 bits per heavy atom. The highest BCUT2D eigenvalue weighted by Gasteiger charge is 2.20. The minimum absolute atomic E-state index is 0.933. The van der Waals surface area contributed by atoms with E-state index >= 15 is 0 Å². The molecule has 0 radical (unpaired) electrons. The molecule has 0 atom stereocenters. The van der Waals surface area contributed by atoms with Crippen LogP contribution in [0.1, 0.15) is 18.4 Å². The summed E-state index contributed by atoms with van der Waals surface area (Å²) in [5.41, 5.74) is 6.94. The fraction of sp³-hybridized carbons (Fsp3) is 0.0625. The van der Waals surface area contributed by atoms with Crippen LogP contribution < -0.4 is 0 Å². The Morgan fingerprint density at radius 3 is 1.79 bits per heavy atom. The van der Waals surface area contributed by atoms with Crippen molar-refractivity contribution in [3.05, 3.63) is 115 Å². The van der Waals surface area contributed by atoms with Crippen LogP contribution in [0.3, 0.4) is 0 Å². The molecule has 0 amide bonds. The van der Waals surface area contributed by atoms with Gasteiger partial charge in [-0.2, -0.15) is 0 Å². The second-order valence-electron chi connectivity index (χ2n) is 8.76. The van der Waals surface area contributed by atoms with Crippen LogP contribution in [0.5, 0.6) is 0 Å². The fourth-order valence-electron chi connectivity index (χ4n) is 5.47. The highest BCUT2D eigenvalue weighted by atomic mass is 16.3. The van der Waals surface area contributed by atoms with Gasteiger partial charge in [-0.1, -0.05) is 103 Å². The maximum Gasteiger partial charge on any atom is 0.143 e. The zero-order valence-corrected chi connectivity index (χ0v) is 18.2. The molecule has 1 heterocycles. The molecule has 0 bridgehead atoms. The largest absolute Gasteiger partial charge is 0.455 e. The Bertz CT molecular complexity index is 1700. The molecule has 0 unspecified atom stereocenters. The SMILES string of the molecule is C1=CC(c2c3ccccc3c(-c3cccc4c3oc3ccccc34)c3ccccc23)=CCC1. The van der Waals surface area contributed by atoms with E-state index in [0.29, 0.717) is 0 Å². The third-order valence-corrected chi connectivity index (χ3v) is 6.89. The Balaban J connectivity index is 1.67. The van der Waals surface area contributed by atoms with E-state index in [4.69, 9.17) is 4.42 Å². The van der Waals surface area contributed by atoms with Crippen LogP contribution in [0.15, 0.2) is 114 Å². The molecule has 33 heavy (non-hydrogen) atoms. The van der Waals surface area contributed by atoms with Crippen LogP contribution in [-0.2, 0) is 0 Å². The Labute approximate surface area is 192 Å². The number of para-hydroxylation sites is 2. The Kier molecular flexibility index (Phi) is 4.04. The summed E-state index contributed by atoms with van der Waals surface area (Å²) in [6.07, 6.45) is 9.17. The van der Waals surface area contributed by atoms with E-state index in [0.717, 1.165) is 35.0 Å². The van der Waals surface area contributed by atoms with Crippen LogP contribution >= 0.6 is 0 Å². The van der Waals surface area contributed by atoms with Crippen LogP contribution in [-0.4, -0.2) is 0 Å². The molecule has 1 nitrogen and oxygen atoms in total. The molecule has 5 aromatic carbocycles. The molecule has 0 fully saturated rings. The van der Waals surface area contributed by atoms with E-state index in [2.05, 4.69) is 103 Å². The van der Waals surface area contributed by atoms with Crippen molar-refractivity contribution in [2.75, 3.05) is 0 Å². The fourth-order valence-corrected chi connectivity index (χ4v) is 5.47. The molecule has 1 aromatic heterocycles. The minimum atomic E-state index is 0.933. The zero-order chi connectivity index (χ0) is 21.8. The first-order valence-electron chi connectivity index (χ1n) is 11.6. The first-order valence-corrected chi connectivity index (χ1v) is 11.6. The highest BCUT2D eigenvalue weighted by Crippen LogP contribution is 2.45. The van der Waals surface area contributed by atoms with Gasteiger partial charge in [-0.15, -0.1) is 0 Å². The predicted molar refractivity (Wildman–Crippen MR) is 141 cm³/mol. The van der Waals surface area contributed by atoms with Crippen molar-refractivity contribution in [3.63, 3.8) is 0 Å². The molecule has 7 rings (SSSR count). The zero-order valence-electron chi connectivity index (χ0n) is 18.2. The van der Waals surface area contributed by atoms with E-state index in [1.807, 2.05) is 6.07 Å². The average molecular weight is 423 g/mol. The maximum atomic E-state index is 6.46. The summed E-state index contributed by atoms with van der Waals surface area (Å²) in [7, 11) is 0. The third-order valence-electron chi connectivity index (χ3n) is 6.89. The molecule has 0 spiro atoms. The van der Waals surface area contributed by atoms with Gasteiger partial charge in [0.05, 0.1) is 0 Å². The standard InChI is InChI=1S/C32H22O/c1-2-11-21(12-3-1)30-23-14-4-6-16-25(23)31(26-17-7-5-15-24(26)30)28-19-10-18-27-22-13-8-9-20-29(22)33-32(27)28/h2,4-20H,1,3H2. The Morgan fingerprint density at radius 2 is 1.12 bits per heavy atom. The number of rotatable bonds is 2. The van der Waals surface area contributed by atoms with Gasteiger partial charge in [-0.05, 0) is 51.6 Å². The summed E-state index contributed by atoms with van der Waals surface area (Å²) >= 11 is 0. The molecule has 0 saturated heterocycles. The quantitative estimate of drug-likeness (QED) is 0.253. The molecule has 0 aliphatic heterocycles. The maximum absolute atomic E-state index is 6.46. The predicted octanol–water partition coefficient (Wildman–Crippen LogP) is 9.29. The number of furan rings is 1. The van der Waals surface area contributed by atoms with Crippen molar-refractivity contribution in [2.24, 2.45) is 0 Å². The van der Waals surface area contributed by atoms with Gasteiger partial charge in [0.25, 0.3) is 0 Å². The summed E-state index contributed by atoms with van der Waals surface area (Å²) in [5.74, 6) is 0. The van der Waals surface area contributed by atoms with Crippen molar-refractivity contribution >= 4 is 49.1 Å². The average Bonchev–Trinajstić information content (AvgIpc) is 3.27. The lowest BCUT2D eigenvalue weighted by molar-refractivity contribution is 0.670. The van der Waals surface area contributed by atoms with Crippen molar-refractivity contribution in [3.8, 4) is 11.1 Å². The first-order chi connectivity index (χ1) is 16.4. The topological polar surface area (TPSA) is 13.1 Å². The van der Waals surface area contributed by atoms with Gasteiger partial charge < -0.3 is 4.42 Å². The lowest BCUT2D eigenvalue weighted by Gasteiger charge is -2.19. The van der Waals surface area contributed by atoms with Gasteiger partial charge in [-0.3, -0.25) is 0 Å². The van der Waals surface area contributed by atoms with Gasteiger partial charge in [0, 0.05) is 21.9 Å². The van der Waals surface area contributed by atoms with E-state index in [1.54, 1.807) is 0 Å². The molecule has 0 saturated carbocycles. The van der Waals surface area contributed by atoms with Crippen LogP contribution in [0.25, 0.3) is 60.2 Å². The van der Waals surface area contributed by atoms with E-state index in [-0.39, 0.29) is 0 Å². The Hall–Kier alpha value is -4.10. The molecule has 1 heteroatoms. The number of allylic oxidation sites excluding steroid dienone is 4. The van der Waals surface area contributed by atoms with Gasteiger partial charge in [-0.25, -0.2) is 0 Å². The van der Waals surface area contributed by atoms with Gasteiger partial charge in [0.1, 0.15) is 11.2 Å². The van der Waals surface area contributed by atoms with E-state index < -0.39 is 0 Å². The first kappa shape index (κ1) is 18.5. The van der Waals surface area contributed by atoms with Crippen molar-refractivity contribution in [1.82, 2.24) is 0 Å².